The second kappa shape index (κ2) is 4.82. The van der Waals surface area contributed by atoms with Crippen LogP contribution >= 0.6 is 0 Å². The smallest absolute Gasteiger partial charge is 0.423 e. The van der Waals surface area contributed by atoms with Crippen LogP contribution in [0.15, 0.2) is 18.2 Å². The molecule has 1 saturated heterocycles. The maximum absolute atomic E-state index is 12.8. The highest BCUT2D eigenvalue weighted by Crippen LogP contribution is 2.31. The zero-order valence-electron chi connectivity index (χ0n) is 9.61. The first-order valence-corrected chi connectivity index (χ1v) is 5.72. The fraction of sp³-hybridized carbons (Fsp3) is 0.455. The monoisotopic (exact) mass is 259 g/mol. The first-order chi connectivity index (χ1) is 8.39. The van der Waals surface area contributed by atoms with E-state index in [1.54, 1.807) is 0 Å². The van der Waals surface area contributed by atoms with Crippen molar-refractivity contribution in [3.8, 4) is 0 Å². The molecule has 1 fully saturated rings. The predicted octanol–water partition coefficient (Wildman–Crippen LogP) is 0.985. The maximum atomic E-state index is 12.8. The summed E-state index contributed by atoms with van der Waals surface area (Å²) in [5.41, 5.74) is -1.02. The van der Waals surface area contributed by atoms with Crippen molar-refractivity contribution in [2.75, 3.05) is 18.0 Å². The molecule has 0 unspecified atom stereocenters. The van der Waals surface area contributed by atoms with Gasteiger partial charge in [0.15, 0.2) is 0 Å². The third-order valence-electron chi connectivity index (χ3n) is 3.09. The van der Waals surface area contributed by atoms with Crippen LogP contribution in [0.5, 0.6) is 0 Å². The van der Waals surface area contributed by atoms with Crippen molar-refractivity contribution in [3.63, 3.8) is 0 Å². The number of benzene rings is 1. The summed E-state index contributed by atoms with van der Waals surface area (Å²) in [6.07, 6.45) is -2.66. The van der Waals surface area contributed by atoms with Gasteiger partial charge in [0.05, 0.1) is 5.56 Å². The molecule has 3 nitrogen and oxygen atoms in total. The lowest BCUT2D eigenvalue weighted by atomic mass is 9.76. The van der Waals surface area contributed by atoms with Crippen molar-refractivity contribution in [2.45, 2.75) is 19.0 Å². The molecule has 0 aliphatic carbocycles. The summed E-state index contributed by atoms with van der Waals surface area (Å²) in [5.74, 6) is 0. The fourth-order valence-corrected chi connectivity index (χ4v) is 2.19. The van der Waals surface area contributed by atoms with Crippen molar-refractivity contribution >= 4 is 18.3 Å². The second-order valence-electron chi connectivity index (χ2n) is 4.34. The number of rotatable bonds is 2. The molecule has 1 aliphatic heterocycles. The number of anilines is 1. The Morgan fingerprint density at radius 2 is 1.72 bits per heavy atom. The maximum Gasteiger partial charge on any atom is 0.489 e. The summed E-state index contributed by atoms with van der Waals surface area (Å²) >= 11 is 0. The van der Waals surface area contributed by atoms with Gasteiger partial charge in [-0.15, -0.1) is 0 Å². The molecule has 2 N–H and O–H groups in total. The molecule has 98 valence electrons. The molecule has 1 aliphatic rings. The van der Waals surface area contributed by atoms with Gasteiger partial charge in [0.25, 0.3) is 0 Å². The second-order valence-corrected chi connectivity index (χ2v) is 4.34. The van der Waals surface area contributed by atoms with Crippen molar-refractivity contribution in [2.24, 2.45) is 0 Å². The number of halogens is 3. The Labute approximate surface area is 103 Å². The molecule has 1 aromatic rings. The lowest BCUT2D eigenvalue weighted by Gasteiger charge is -2.21. The van der Waals surface area contributed by atoms with E-state index in [2.05, 4.69) is 0 Å². The normalized spacial score (nSPS) is 16.2. The molecule has 0 amide bonds. The van der Waals surface area contributed by atoms with Crippen LogP contribution < -0.4 is 10.4 Å². The van der Waals surface area contributed by atoms with E-state index in [0.29, 0.717) is 5.69 Å². The van der Waals surface area contributed by atoms with E-state index in [-0.39, 0.29) is 0 Å². The number of nitrogens with zero attached hydrogens (tertiary/aromatic N) is 1. The zero-order valence-corrected chi connectivity index (χ0v) is 9.61. The Morgan fingerprint density at radius 1 is 1.11 bits per heavy atom. The topological polar surface area (TPSA) is 43.7 Å². The third kappa shape index (κ3) is 2.62. The lowest BCUT2D eigenvalue weighted by molar-refractivity contribution is -0.136. The van der Waals surface area contributed by atoms with Crippen LogP contribution in [0.2, 0.25) is 0 Å². The minimum atomic E-state index is -4.59. The first kappa shape index (κ1) is 13.2. The molecule has 0 spiro atoms. The molecule has 0 bridgehead atoms. The Balaban J connectivity index is 2.41. The van der Waals surface area contributed by atoms with Gasteiger partial charge in [-0.2, -0.15) is 13.2 Å². The van der Waals surface area contributed by atoms with E-state index in [9.17, 15) is 13.2 Å². The fourth-order valence-electron chi connectivity index (χ4n) is 2.19. The quantitative estimate of drug-likeness (QED) is 0.778. The van der Waals surface area contributed by atoms with Gasteiger partial charge in [-0.1, -0.05) is 6.07 Å². The Kier molecular flexibility index (Phi) is 3.54. The van der Waals surface area contributed by atoms with Crippen molar-refractivity contribution in [1.29, 1.82) is 0 Å². The highest BCUT2D eigenvalue weighted by Gasteiger charge is 2.36. The van der Waals surface area contributed by atoms with Gasteiger partial charge in [0.1, 0.15) is 0 Å². The van der Waals surface area contributed by atoms with Crippen LogP contribution in [0, 0.1) is 0 Å². The first-order valence-electron chi connectivity index (χ1n) is 5.72. The molecule has 7 heteroatoms. The molecule has 0 saturated carbocycles. The minimum absolute atomic E-state index is 0.476. The largest absolute Gasteiger partial charge is 0.489 e. The molecule has 1 heterocycles. The van der Waals surface area contributed by atoms with Crippen LogP contribution in [-0.2, 0) is 6.18 Å². The summed E-state index contributed by atoms with van der Waals surface area (Å²) in [7, 11) is -2.12. The van der Waals surface area contributed by atoms with E-state index in [4.69, 9.17) is 10.0 Å². The van der Waals surface area contributed by atoms with Crippen LogP contribution in [-0.4, -0.2) is 30.3 Å². The molecule has 1 aromatic carbocycles. The summed E-state index contributed by atoms with van der Waals surface area (Å²) < 4.78 is 38.5. The number of hydrogen-bond acceptors (Lipinski definition) is 3. The molecule has 0 atom stereocenters. The Bertz CT molecular complexity index is 431. The zero-order chi connectivity index (χ0) is 13.3. The van der Waals surface area contributed by atoms with Gasteiger partial charge >= 0.3 is 13.3 Å². The predicted molar refractivity (Wildman–Crippen MR) is 62.7 cm³/mol. The lowest BCUT2D eigenvalue weighted by Crippen LogP contribution is -2.36. The van der Waals surface area contributed by atoms with Gasteiger partial charge in [-0.3, -0.25) is 0 Å². The van der Waals surface area contributed by atoms with Gasteiger partial charge in [0, 0.05) is 18.8 Å². The van der Waals surface area contributed by atoms with Gasteiger partial charge in [0.2, 0.25) is 0 Å². The van der Waals surface area contributed by atoms with Crippen molar-refractivity contribution in [3.05, 3.63) is 23.8 Å². The summed E-state index contributed by atoms with van der Waals surface area (Å²) in [6, 6.07) is 3.61. The molecular weight excluding hydrogens is 246 g/mol. The highest BCUT2D eigenvalue weighted by molar-refractivity contribution is 6.59. The van der Waals surface area contributed by atoms with Crippen LogP contribution in [0.4, 0.5) is 18.9 Å². The molecule has 0 radical (unpaired) electrons. The molecule has 0 aromatic heterocycles. The SMILES string of the molecule is OB(O)c1ccc(N2CCCC2)cc1C(F)(F)F. The average Bonchev–Trinajstić information content (AvgIpc) is 2.80. The highest BCUT2D eigenvalue weighted by atomic mass is 19.4. The van der Waals surface area contributed by atoms with Gasteiger partial charge in [-0.25, -0.2) is 0 Å². The summed E-state index contributed by atoms with van der Waals surface area (Å²) in [4.78, 5) is 1.86. The molecule has 2 rings (SSSR count). The summed E-state index contributed by atoms with van der Waals surface area (Å²) in [5, 5.41) is 17.9. The number of hydrogen-bond donors (Lipinski definition) is 2. The average molecular weight is 259 g/mol. The number of alkyl halides is 3. The van der Waals surface area contributed by atoms with Crippen molar-refractivity contribution in [1.82, 2.24) is 0 Å². The van der Waals surface area contributed by atoms with Gasteiger partial charge < -0.3 is 14.9 Å². The van der Waals surface area contributed by atoms with E-state index >= 15 is 0 Å². The van der Waals surface area contributed by atoms with Gasteiger partial charge in [-0.05, 0) is 30.4 Å². The Hall–Kier alpha value is -1.21. The van der Waals surface area contributed by atoms with E-state index in [1.807, 2.05) is 4.90 Å². The Morgan fingerprint density at radius 3 is 2.22 bits per heavy atom. The molecule has 18 heavy (non-hydrogen) atoms. The van der Waals surface area contributed by atoms with Crippen LogP contribution in [0.1, 0.15) is 18.4 Å². The summed E-state index contributed by atoms with van der Waals surface area (Å²) in [6.45, 7) is 1.47. The van der Waals surface area contributed by atoms with E-state index in [1.165, 1.54) is 6.07 Å². The van der Waals surface area contributed by atoms with E-state index in [0.717, 1.165) is 38.1 Å². The van der Waals surface area contributed by atoms with Crippen LogP contribution in [0.3, 0.4) is 0 Å². The van der Waals surface area contributed by atoms with Crippen LogP contribution in [0.25, 0.3) is 0 Å². The van der Waals surface area contributed by atoms with E-state index < -0.39 is 24.3 Å². The molecular formula is C11H13BF3NO2. The third-order valence-corrected chi connectivity index (χ3v) is 3.09. The van der Waals surface area contributed by atoms with Crippen molar-refractivity contribution < 1.29 is 23.2 Å². The minimum Gasteiger partial charge on any atom is -0.423 e. The standard InChI is InChI=1S/C11H13BF3NO2/c13-11(14,15)9-7-8(16-5-1-2-6-16)3-4-10(9)12(17)18/h3-4,7,17-18H,1-2,5-6H2.